The molecule has 0 saturated heterocycles. The van der Waals surface area contributed by atoms with Gasteiger partial charge >= 0.3 is 12.4 Å². The fraction of sp³-hybridized carbons (Fsp3) is 0.471. The molecule has 13 heteroatoms. The van der Waals surface area contributed by atoms with E-state index in [0.29, 0.717) is 5.69 Å². The standard InChI is InChI=1S/C17H17ClF6N4OS/c18-15-12(10-28(26-15)11-4-3-6-25-9-11)27(7-2-1-5-16(19,20)21)14(29)8-13(30)17(22,23)24/h3-4,6,9-10,13,30H,1-2,5,7-8H2. The van der Waals surface area contributed by atoms with Crippen molar-refractivity contribution < 1.29 is 31.1 Å². The average Bonchev–Trinajstić information content (AvgIpc) is 3.02. The number of hydrogen-bond acceptors (Lipinski definition) is 4. The number of rotatable bonds is 8. The van der Waals surface area contributed by atoms with E-state index in [2.05, 4.69) is 22.7 Å². The predicted molar refractivity (Wildman–Crippen MR) is 102 cm³/mol. The van der Waals surface area contributed by atoms with Gasteiger partial charge in [0.05, 0.1) is 18.1 Å². The minimum Gasteiger partial charge on any atom is -0.308 e. The largest absolute Gasteiger partial charge is 0.400 e. The normalized spacial score (nSPS) is 13.3. The number of anilines is 1. The number of carbonyl (C=O) groups excluding carboxylic acids is 1. The number of pyridine rings is 1. The van der Waals surface area contributed by atoms with Gasteiger partial charge in [0, 0.05) is 25.6 Å². The summed E-state index contributed by atoms with van der Waals surface area (Å²) in [6, 6.07) is 3.24. The number of aromatic nitrogens is 3. The zero-order chi connectivity index (χ0) is 22.5. The molecule has 0 N–H and O–H groups in total. The molecule has 0 fully saturated rings. The summed E-state index contributed by atoms with van der Waals surface area (Å²) in [5.74, 6) is -0.980. The number of carbonyl (C=O) groups is 1. The van der Waals surface area contributed by atoms with Gasteiger partial charge in [0.15, 0.2) is 5.15 Å². The number of alkyl halides is 6. The van der Waals surface area contributed by atoms with Crippen LogP contribution in [0.25, 0.3) is 5.69 Å². The summed E-state index contributed by atoms with van der Waals surface area (Å²) in [4.78, 5) is 17.4. The van der Waals surface area contributed by atoms with Gasteiger partial charge in [0.2, 0.25) is 5.91 Å². The SMILES string of the molecule is O=C(CC(S)C(F)(F)F)N(CCCCC(F)(F)F)c1cn(-c2cccnc2)nc1Cl. The molecule has 2 aromatic rings. The monoisotopic (exact) mass is 474 g/mol. The van der Waals surface area contributed by atoms with E-state index in [-0.39, 0.29) is 30.2 Å². The average molecular weight is 475 g/mol. The Morgan fingerprint density at radius 2 is 1.93 bits per heavy atom. The van der Waals surface area contributed by atoms with Crippen LogP contribution in [0.2, 0.25) is 5.15 Å². The van der Waals surface area contributed by atoms with E-state index in [1.807, 2.05) is 0 Å². The summed E-state index contributed by atoms with van der Waals surface area (Å²) in [6.45, 7) is -0.258. The molecule has 166 valence electrons. The molecule has 1 atom stereocenters. The lowest BCUT2D eigenvalue weighted by Gasteiger charge is -2.24. The summed E-state index contributed by atoms with van der Waals surface area (Å²) in [7, 11) is 0. The van der Waals surface area contributed by atoms with Crippen molar-refractivity contribution in [1.29, 1.82) is 0 Å². The maximum atomic E-state index is 12.8. The fourth-order valence-electron chi connectivity index (χ4n) is 2.51. The van der Waals surface area contributed by atoms with Crippen molar-refractivity contribution in [3.8, 4) is 5.69 Å². The number of nitrogens with zero attached hydrogens (tertiary/aromatic N) is 4. The van der Waals surface area contributed by atoms with E-state index in [0.717, 1.165) is 4.90 Å². The third-order valence-electron chi connectivity index (χ3n) is 3.99. The molecular formula is C17H17ClF6N4OS. The quantitative estimate of drug-likeness (QED) is 0.323. The highest BCUT2D eigenvalue weighted by molar-refractivity contribution is 7.81. The van der Waals surface area contributed by atoms with E-state index >= 15 is 0 Å². The predicted octanol–water partition coefficient (Wildman–Crippen LogP) is 5.24. The van der Waals surface area contributed by atoms with Crippen LogP contribution in [0.15, 0.2) is 30.7 Å². The van der Waals surface area contributed by atoms with Crippen molar-refractivity contribution in [2.45, 2.75) is 43.3 Å². The first-order chi connectivity index (χ1) is 13.9. The van der Waals surface area contributed by atoms with Gasteiger partial charge in [-0.2, -0.15) is 44.1 Å². The summed E-state index contributed by atoms with van der Waals surface area (Å²) in [6.07, 6.45) is -7.30. The second kappa shape index (κ2) is 9.90. The lowest BCUT2D eigenvalue weighted by Crippen LogP contribution is -2.37. The molecule has 0 aliphatic rings. The van der Waals surface area contributed by atoms with Crippen LogP contribution in [0.4, 0.5) is 32.0 Å². The summed E-state index contributed by atoms with van der Waals surface area (Å²) in [5.41, 5.74) is 0.456. The van der Waals surface area contributed by atoms with Gasteiger partial charge < -0.3 is 4.90 Å². The van der Waals surface area contributed by atoms with Crippen LogP contribution >= 0.6 is 24.2 Å². The third-order valence-corrected chi connectivity index (χ3v) is 4.74. The van der Waals surface area contributed by atoms with Gasteiger partial charge in [-0.3, -0.25) is 9.78 Å². The molecule has 0 radical (unpaired) electrons. The zero-order valence-electron chi connectivity index (χ0n) is 15.3. The summed E-state index contributed by atoms with van der Waals surface area (Å²) >= 11 is 9.49. The Morgan fingerprint density at radius 1 is 1.23 bits per heavy atom. The van der Waals surface area contributed by atoms with Gasteiger partial charge in [-0.05, 0) is 25.0 Å². The molecule has 2 heterocycles. The summed E-state index contributed by atoms with van der Waals surface area (Å²) < 4.78 is 76.7. The van der Waals surface area contributed by atoms with Gasteiger partial charge in [-0.1, -0.05) is 11.6 Å². The second-order valence-corrected chi connectivity index (χ2v) is 7.32. The Labute approximate surface area is 178 Å². The van der Waals surface area contributed by atoms with Crippen molar-refractivity contribution in [2.75, 3.05) is 11.4 Å². The van der Waals surface area contributed by atoms with E-state index in [1.165, 1.54) is 23.3 Å². The van der Waals surface area contributed by atoms with Crippen molar-refractivity contribution in [2.24, 2.45) is 0 Å². The Bertz CT molecular complexity index is 843. The van der Waals surface area contributed by atoms with Gasteiger partial charge in [-0.25, -0.2) is 4.68 Å². The van der Waals surface area contributed by atoms with E-state index in [1.54, 1.807) is 12.1 Å². The fourth-order valence-corrected chi connectivity index (χ4v) is 2.90. The number of halogens is 7. The molecule has 2 rings (SSSR count). The van der Waals surface area contributed by atoms with Crippen molar-refractivity contribution in [3.05, 3.63) is 35.9 Å². The maximum absolute atomic E-state index is 12.8. The van der Waals surface area contributed by atoms with E-state index in [9.17, 15) is 31.1 Å². The highest BCUT2D eigenvalue weighted by Crippen LogP contribution is 2.31. The van der Waals surface area contributed by atoms with Crippen LogP contribution in [0, 0.1) is 0 Å². The van der Waals surface area contributed by atoms with Gasteiger partial charge in [0.1, 0.15) is 10.9 Å². The Kier molecular flexibility index (Phi) is 8.03. The molecule has 0 spiro atoms. The molecule has 0 saturated carbocycles. The van der Waals surface area contributed by atoms with Crippen LogP contribution < -0.4 is 4.90 Å². The molecule has 1 unspecified atom stereocenters. The molecule has 2 aromatic heterocycles. The Hall–Kier alpha value is -1.95. The van der Waals surface area contributed by atoms with Crippen LogP contribution in [0.5, 0.6) is 0 Å². The van der Waals surface area contributed by atoms with Gasteiger partial charge in [-0.15, -0.1) is 0 Å². The molecule has 1 amide bonds. The smallest absolute Gasteiger partial charge is 0.308 e. The Balaban J connectivity index is 2.24. The third kappa shape index (κ3) is 7.08. The molecule has 5 nitrogen and oxygen atoms in total. The maximum Gasteiger partial charge on any atom is 0.400 e. The lowest BCUT2D eigenvalue weighted by atomic mass is 10.2. The summed E-state index contributed by atoms with van der Waals surface area (Å²) in [5, 5.41) is 1.59. The molecule has 0 aliphatic carbocycles. The minimum absolute atomic E-state index is 0.0137. The van der Waals surface area contributed by atoms with Crippen molar-refractivity contribution in [3.63, 3.8) is 0 Å². The second-order valence-electron chi connectivity index (χ2n) is 6.34. The molecule has 0 aromatic carbocycles. The molecule has 0 aliphatic heterocycles. The molecule has 0 bridgehead atoms. The van der Waals surface area contributed by atoms with Crippen LogP contribution in [0.3, 0.4) is 0 Å². The van der Waals surface area contributed by atoms with E-state index < -0.39 is 36.4 Å². The number of amides is 1. The topological polar surface area (TPSA) is 51.0 Å². The zero-order valence-corrected chi connectivity index (χ0v) is 16.9. The lowest BCUT2D eigenvalue weighted by molar-refractivity contribution is -0.138. The number of thiol groups is 1. The van der Waals surface area contributed by atoms with E-state index in [4.69, 9.17) is 11.6 Å². The first-order valence-electron chi connectivity index (χ1n) is 8.66. The molecule has 30 heavy (non-hydrogen) atoms. The van der Waals surface area contributed by atoms with Crippen molar-refractivity contribution in [1.82, 2.24) is 14.8 Å². The van der Waals surface area contributed by atoms with Crippen molar-refractivity contribution >= 4 is 35.8 Å². The highest BCUT2D eigenvalue weighted by Gasteiger charge is 2.39. The Morgan fingerprint density at radius 3 is 2.50 bits per heavy atom. The van der Waals surface area contributed by atoms with Gasteiger partial charge in [0.25, 0.3) is 0 Å². The first-order valence-corrected chi connectivity index (χ1v) is 9.55. The van der Waals surface area contributed by atoms with Crippen LogP contribution in [0.1, 0.15) is 25.7 Å². The highest BCUT2D eigenvalue weighted by atomic mass is 35.5. The first kappa shape index (κ1) is 24.3. The molecular weight excluding hydrogens is 458 g/mol. The minimum atomic E-state index is -4.72. The van der Waals surface area contributed by atoms with Crippen LogP contribution in [-0.4, -0.2) is 44.8 Å². The van der Waals surface area contributed by atoms with Crippen LogP contribution in [-0.2, 0) is 4.79 Å². The number of unbranched alkanes of at least 4 members (excludes halogenated alkanes) is 1. The number of hydrogen-bond donors (Lipinski definition) is 1.